The van der Waals surface area contributed by atoms with E-state index in [2.05, 4.69) is 87.4 Å². The fourth-order valence-corrected chi connectivity index (χ4v) is 4.65. The molecule has 144 valence electrons. The molecule has 5 heteroatoms. The van der Waals surface area contributed by atoms with Gasteiger partial charge in [-0.15, -0.1) is 0 Å². The van der Waals surface area contributed by atoms with Crippen LogP contribution in [0, 0.1) is 0 Å². The first-order chi connectivity index (χ1) is 12.6. The average molecular weight is 495 g/mol. The van der Waals surface area contributed by atoms with Crippen LogP contribution in [0.5, 0.6) is 0 Å². The molecule has 1 N–H and O–H groups in total. The van der Waals surface area contributed by atoms with E-state index < -0.39 is 5.41 Å². The fourth-order valence-electron chi connectivity index (χ4n) is 3.93. The van der Waals surface area contributed by atoms with E-state index in [-0.39, 0.29) is 17.7 Å². The highest BCUT2D eigenvalue weighted by atomic mass is 79.9. The molecule has 0 heterocycles. The fraction of sp³-hybridized carbons (Fsp3) is 0.409. The molecular formula is C22H25Br2NO2. The lowest BCUT2D eigenvalue weighted by atomic mass is 9.74. The first kappa shape index (κ1) is 20.4. The number of ether oxygens (including phenoxy) is 1. The Morgan fingerprint density at radius 2 is 1.56 bits per heavy atom. The molecule has 0 saturated carbocycles. The molecule has 0 radical (unpaired) electrons. The van der Waals surface area contributed by atoms with Crippen molar-refractivity contribution in [2.24, 2.45) is 0 Å². The van der Waals surface area contributed by atoms with Crippen LogP contribution >= 0.6 is 31.9 Å². The van der Waals surface area contributed by atoms with E-state index in [1.54, 1.807) is 0 Å². The smallest absolute Gasteiger partial charge is 0.407 e. The van der Waals surface area contributed by atoms with Crippen LogP contribution in [0.3, 0.4) is 0 Å². The minimum atomic E-state index is -0.428. The predicted octanol–water partition coefficient (Wildman–Crippen LogP) is 6.80. The van der Waals surface area contributed by atoms with E-state index in [0.717, 1.165) is 8.95 Å². The highest BCUT2D eigenvalue weighted by Crippen LogP contribution is 2.53. The summed E-state index contributed by atoms with van der Waals surface area (Å²) in [6.45, 7) is 10.1. The van der Waals surface area contributed by atoms with Crippen LogP contribution in [0.15, 0.2) is 45.3 Å². The summed E-state index contributed by atoms with van der Waals surface area (Å²) in [5, 5.41) is 2.92. The summed E-state index contributed by atoms with van der Waals surface area (Å²) >= 11 is 7.22. The summed E-state index contributed by atoms with van der Waals surface area (Å²) in [7, 11) is 0. The molecule has 0 saturated heterocycles. The largest absolute Gasteiger partial charge is 0.445 e. The van der Waals surface area contributed by atoms with Gasteiger partial charge >= 0.3 is 6.09 Å². The molecule has 0 fully saturated rings. The van der Waals surface area contributed by atoms with Gasteiger partial charge in [-0.1, -0.05) is 50.9 Å². The number of benzene rings is 2. The Morgan fingerprint density at radius 3 is 1.96 bits per heavy atom. The molecule has 27 heavy (non-hydrogen) atoms. The van der Waals surface area contributed by atoms with Crippen molar-refractivity contribution in [2.45, 2.75) is 58.1 Å². The Bertz CT molecular complexity index is 835. The Morgan fingerprint density at radius 1 is 1.07 bits per heavy atom. The summed E-state index contributed by atoms with van der Waals surface area (Å²) < 4.78 is 8.02. The Balaban J connectivity index is 2.10. The maximum absolute atomic E-state index is 12.5. The average Bonchev–Trinajstić information content (AvgIpc) is 2.80. The third kappa shape index (κ3) is 3.81. The molecule has 0 bridgehead atoms. The second-order valence-corrected chi connectivity index (χ2v) is 10.1. The quantitative estimate of drug-likeness (QED) is 0.509. The first-order valence-corrected chi connectivity index (χ1v) is 10.7. The zero-order valence-electron chi connectivity index (χ0n) is 16.3. The van der Waals surface area contributed by atoms with Crippen LogP contribution in [0.25, 0.3) is 11.1 Å². The highest BCUT2D eigenvalue weighted by molar-refractivity contribution is 9.10. The van der Waals surface area contributed by atoms with E-state index in [9.17, 15) is 4.79 Å². The molecule has 1 atom stereocenters. The Hall–Kier alpha value is -1.33. The topological polar surface area (TPSA) is 38.3 Å². The van der Waals surface area contributed by atoms with Crippen LogP contribution in [-0.4, -0.2) is 17.7 Å². The van der Waals surface area contributed by atoms with Crippen molar-refractivity contribution in [1.29, 1.82) is 0 Å². The second kappa shape index (κ2) is 7.25. The number of fused-ring (bicyclic) bond motifs is 3. The van der Waals surface area contributed by atoms with E-state index in [1.807, 2.05) is 20.8 Å². The molecular weight excluding hydrogens is 470 g/mol. The van der Waals surface area contributed by atoms with Crippen molar-refractivity contribution in [3.63, 3.8) is 0 Å². The molecule has 2 aromatic rings. The summed E-state index contributed by atoms with van der Waals surface area (Å²) in [5.74, 6) is 0. The van der Waals surface area contributed by atoms with E-state index in [1.165, 1.54) is 22.3 Å². The van der Waals surface area contributed by atoms with Gasteiger partial charge in [0.1, 0.15) is 6.10 Å². The number of hydrogen-bond acceptors (Lipinski definition) is 2. The SMILES string of the molecule is CCC(OC(=O)NC(C)(C)C)C1(C)c2cc(Br)ccc2-c2ccc(Br)cc21. The predicted molar refractivity (Wildman–Crippen MR) is 117 cm³/mol. The summed E-state index contributed by atoms with van der Waals surface area (Å²) in [5.41, 5.74) is 3.99. The van der Waals surface area contributed by atoms with Crippen molar-refractivity contribution in [3.8, 4) is 11.1 Å². The van der Waals surface area contributed by atoms with Crippen molar-refractivity contribution < 1.29 is 9.53 Å². The third-order valence-corrected chi connectivity index (χ3v) is 6.10. The molecule has 3 nitrogen and oxygen atoms in total. The number of rotatable bonds is 3. The van der Waals surface area contributed by atoms with Gasteiger partial charge in [0.05, 0.1) is 5.41 Å². The van der Waals surface area contributed by atoms with E-state index >= 15 is 0 Å². The maximum Gasteiger partial charge on any atom is 0.407 e. The van der Waals surface area contributed by atoms with Gasteiger partial charge in [0.2, 0.25) is 0 Å². The molecule has 3 rings (SSSR count). The Labute approximate surface area is 178 Å². The van der Waals surface area contributed by atoms with Crippen LogP contribution in [0.4, 0.5) is 4.79 Å². The van der Waals surface area contributed by atoms with Crippen LogP contribution < -0.4 is 5.32 Å². The van der Waals surface area contributed by atoms with Gasteiger partial charge in [0.25, 0.3) is 0 Å². The third-order valence-electron chi connectivity index (χ3n) is 5.11. The highest BCUT2D eigenvalue weighted by Gasteiger charge is 2.47. The van der Waals surface area contributed by atoms with Crippen LogP contribution in [0.2, 0.25) is 0 Å². The zero-order chi connectivity index (χ0) is 20.0. The molecule has 0 spiro atoms. The lowest BCUT2D eigenvalue weighted by molar-refractivity contribution is 0.0570. The number of alkyl carbamates (subject to hydrolysis) is 1. The van der Waals surface area contributed by atoms with Crippen LogP contribution in [-0.2, 0) is 10.2 Å². The number of halogens is 2. The lowest BCUT2D eigenvalue weighted by Gasteiger charge is -2.36. The minimum Gasteiger partial charge on any atom is -0.445 e. The van der Waals surface area contributed by atoms with Gasteiger partial charge in [0.15, 0.2) is 0 Å². The normalized spacial score (nSPS) is 15.7. The number of carbonyl (C=O) groups excluding carboxylic acids is 1. The molecule has 1 unspecified atom stereocenters. The summed E-state index contributed by atoms with van der Waals surface area (Å²) in [6.07, 6.45) is 0.0467. The van der Waals surface area contributed by atoms with Crippen molar-refractivity contribution in [2.75, 3.05) is 0 Å². The zero-order valence-corrected chi connectivity index (χ0v) is 19.5. The van der Waals surface area contributed by atoms with Gasteiger partial charge in [0, 0.05) is 14.5 Å². The molecule has 2 aromatic carbocycles. The monoisotopic (exact) mass is 493 g/mol. The van der Waals surface area contributed by atoms with Crippen LogP contribution in [0.1, 0.15) is 52.2 Å². The van der Waals surface area contributed by atoms with Gasteiger partial charge in [-0.05, 0) is 80.6 Å². The van der Waals surface area contributed by atoms with Gasteiger partial charge in [-0.25, -0.2) is 4.79 Å². The van der Waals surface area contributed by atoms with Crippen molar-refractivity contribution in [1.82, 2.24) is 5.32 Å². The molecule has 1 aliphatic carbocycles. The summed E-state index contributed by atoms with van der Waals surface area (Å²) in [4.78, 5) is 12.5. The lowest BCUT2D eigenvalue weighted by Crippen LogP contribution is -2.46. The number of hydrogen-bond donors (Lipinski definition) is 1. The van der Waals surface area contributed by atoms with Crippen molar-refractivity contribution >= 4 is 38.0 Å². The van der Waals surface area contributed by atoms with Gasteiger partial charge in [-0.2, -0.15) is 0 Å². The minimum absolute atomic E-state index is 0.288. The Kier molecular flexibility index (Phi) is 5.48. The molecule has 0 aliphatic heterocycles. The first-order valence-electron chi connectivity index (χ1n) is 9.15. The van der Waals surface area contributed by atoms with Gasteiger partial charge < -0.3 is 10.1 Å². The van der Waals surface area contributed by atoms with Gasteiger partial charge in [-0.3, -0.25) is 0 Å². The van der Waals surface area contributed by atoms with E-state index in [0.29, 0.717) is 6.42 Å². The maximum atomic E-state index is 12.5. The molecule has 1 aliphatic rings. The second-order valence-electron chi connectivity index (χ2n) is 8.26. The van der Waals surface area contributed by atoms with Crippen molar-refractivity contribution in [3.05, 3.63) is 56.5 Å². The standard InChI is InChI=1S/C22H25Br2NO2/c1-6-19(27-20(26)25-21(2,3)4)22(5)17-11-13(23)7-9-15(17)16-10-8-14(24)12-18(16)22/h7-12,19H,6H2,1-5H3,(H,25,26). The molecule has 0 aromatic heterocycles. The molecule has 1 amide bonds. The van der Waals surface area contributed by atoms with E-state index in [4.69, 9.17) is 4.74 Å². The number of carbonyl (C=O) groups is 1. The number of amides is 1. The summed E-state index contributed by atoms with van der Waals surface area (Å²) in [6, 6.07) is 12.7. The number of nitrogens with one attached hydrogen (secondary N) is 1.